The molecular weight excluding hydrogens is 255 g/mol. The highest BCUT2D eigenvalue weighted by atomic mass is 19.1. The number of nitrogens with zero attached hydrogens (tertiary/aromatic N) is 2. The molecule has 1 aromatic rings. The number of benzene rings is 1. The number of piperazine rings is 1. The Bertz CT molecular complexity index is 479. The maximum absolute atomic E-state index is 13.7. The lowest BCUT2D eigenvalue weighted by molar-refractivity contribution is -0.0835. The number of ether oxygens (including phenoxy) is 1. The molecule has 0 N–H and O–H groups in total. The number of piperidine rings is 1. The molecule has 0 aromatic heterocycles. The molecule has 2 unspecified atom stereocenters. The Kier molecular flexibility index (Phi) is 3.69. The van der Waals surface area contributed by atoms with Gasteiger partial charge in [-0.05, 0) is 38.0 Å². The van der Waals surface area contributed by atoms with Crippen LogP contribution < -0.4 is 4.74 Å². The second-order valence-electron chi connectivity index (χ2n) is 6.23. The molecule has 2 aliphatic rings. The highest BCUT2D eigenvalue weighted by Crippen LogP contribution is 2.34. The molecule has 110 valence electrons. The molecular formula is C16H23FN2O. The van der Waals surface area contributed by atoms with Gasteiger partial charge in [0.25, 0.3) is 0 Å². The number of likely N-dealkylation sites (tertiary alicyclic amines) is 2. The van der Waals surface area contributed by atoms with Crippen molar-refractivity contribution in [3.05, 3.63) is 29.6 Å². The summed E-state index contributed by atoms with van der Waals surface area (Å²) in [5, 5.41) is 0. The highest BCUT2D eigenvalue weighted by Gasteiger charge is 2.44. The third kappa shape index (κ3) is 2.42. The number of fused-ring (bicyclic) bond motifs is 2. The minimum absolute atomic E-state index is 0.264. The molecule has 2 heterocycles. The van der Waals surface area contributed by atoms with Crippen molar-refractivity contribution in [1.29, 1.82) is 0 Å². The van der Waals surface area contributed by atoms with Crippen molar-refractivity contribution in [1.82, 2.24) is 9.80 Å². The molecule has 3 nitrogen and oxygen atoms in total. The van der Waals surface area contributed by atoms with Crippen molar-refractivity contribution in [3.63, 3.8) is 0 Å². The molecule has 2 aliphatic heterocycles. The first-order chi connectivity index (χ1) is 9.58. The monoisotopic (exact) mass is 278 g/mol. The summed E-state index contributed by atoms with van der Waals surface area (Å²) in [5.74, 6) is 0.0584. The molecule has 0 aliphatic carbocycles. The van der Waals surface area contributed by atoms with Gasteiger partial charge < -0.3 is 4.74 Å². The number of halogens is 1. The summed E-state index contributed by atoms with van der Waals surface area (Å²) in [4.78, 5) is 5.06. The van der Waals surface area contributed by atoms with Crippen molar-refractivity contribution >= 4 is 0 Å². The van der Waals surface area contributed by atoms with E-state index in [4.69, 9.17) is 4.74 Å². The van der Waals surface area contributed by atoms with Gasteiger partial charge in [-0.1, -0.05) is 6.07 Å². The zero-order valence-corrected chi connectivity index (χ0v) is 12.5. The minimum Gasteiger partial charge on any atom is -0.494 e. The van der Waals surface area contributed by atoms with Crippen LogP contribution in [0.25, 0.3) is 0 Å². The minimum atomic E-state index is -0.264. The van der Waals surface area contributed by atoms with Gasteiger partial charge in [0.05, 0.1) is 7.11 Å². The Hall–Kier alpha value is -1.13. The van der Waals surface area contributed by atoms with Gasteiger partial charge >= 0.3 is 0 Å². The summed E-state index contributed by atoms with van der Waals surface area (Å²) < 4.78 is 18.7. The van der Waals surface area contributed by atoms with Gasteiger partial charge in [0.15, 0.2) is 11.6 Å². The first kappa shape index (κ1) is 13.8. The van der Waals surface area contributed by atoms with Gasteiger partial charge in [-0.3, -0.25) is 9.80 Å². The standard InChI is InChI=1S/C16H23FN2O/c1-11(2)18-9-13-7-14(10-18)19(13)8-12-4-5-16(20-3)15(17)6-12/h4-6,11,13-14H,7-10H2,1-3H3. The van der Waals surface area contributed by atoms with E-state index in [1.807, 2.05) is 6.07 Å². The van der Waals surface area contributed by atoms with E-state index in [1.54, 1.807) is 12.1 Å². The van der Waals surface area contributed by atoms with Crippen LogP contribution in [0.15, 0.2) is 18.2 Å². The van der Waals surface area contributed by atoms with Crippen LogP contribution in [-0.4, -0.2) is 48.1 Å². The third-order valence-electron chi connectivity index (χ3n) is 4.68. The summed E-state index contributed by atoms with van der Waals surface area (Å²) in [6.07, 6.45) is 1.29. The normalized spacial score (nSPS) is 26.6. The molecule has 4 heteroatoms. The second-order valence-corrected chi connectivity index (χ2v) is 6.23. The van der Waals surface area contributed by atoms with Gasteiger partial charge in [-0.25, -0.2) is 4.39 Å². The van der Waals surface area contributed by atoms with Gasteiger partial charge in [-0.2, -0.15) is 0 Å². The molecule has 0 saturated carbocycles. The smallest absolute Gasteiger partial charge is 0.165 e. The lowest BCUT2D eigenvalue weighted by atomic mass is 9.86. The molecule has 3 rings (SSSR count). The summed E-state index contributed by atoms with van der Waals surface area (Å²) in [7, 11) is 1.50. The fourth-order valence-electron chi connectivity index (χ4n) is 3.42. The van der Waals surface area contributed by atoms with Gasteiger partial charge in [-0.15, -0.1) is 0 Å². The molecule has 2 bridgehead atoms. The Morgan fingerprint density at radius 3 is 2.55 bits per heavy atom. The Morgan fingerprint density at radius 1 is 1.30 bits per heavy atom. The topological polar surface area (TPSA) is 15.7 Å². The van der Waals surface area contributed by atoms with Crippen LogP contribution in [0.3, 0.4) is 0 Å². The predicted molar refractivity (Wildman–Crippen MR) is 77.4 cm³/mol. The van der Waals surface area contributed by atoms with Crippen molar-refractivity contribution in [2.24, 2.45) is 0 Å². The Morgan fingerprint density at radius 2 is 2.00 bits per heavy atom. The van der Waals surface area contributed by atoms with E-state index in [0.717, 1.165) is 25.2 Å². The maximum atomic E-state index is 13.7. The van der Waals surface area contributed by atoms with Crippen LogP contribution >= 0.6 is 0 Å². The first-order valence-electron chi connectivity index (χ1n) is 7.40. The average molecular weight is 278 g/mol. The predicted octanol–water partition coefficient (Wildman–Crippen LogP) is 2.50. The van der Waals surface area contributed by atoms with E-state index in [-0.39, 0.29) is 5.82 Å². The Labute approximate surface area is 120 Å². The lowest BCUT2D eigenvalue weighted by Crippen LogP contribution is -2.68. The van der Waals surface area contributed by atoms with E-state index in [9.17, 15) is 4.39 Å². The van der Waals surface area contributed by atoms with Gasteiger partial charge in [0.1, 0.15) is 0 Å². The van der Waals surface area contributed by atoms with Crippen molar-refractivity contribution < 1.29 is 9.13 Å². The van der Waals surface area contributed by atoms with E-state index in [2.05, 4.69) is 23.6 Å². The maximum Gasteiger partial charge on any atom is 0.165 e. The quantitative estimate of drug-likeness (QED) is 0.841. The van der Waals surface area contributed by atoms with Crippen LogP contribution in [0.5, 0.6) is 5.75 Å². The zero-order chi connectivity index (χ0) is 14.3. The first-order valence-corrected chi connectivity index (χ1v) is 7.40. The lowest BCUT2D eigenvalue weighted by Gasteiger charge is -2.57. The van der Waals surface area contributed by atoms with Crippen LogP contribution in [0.1, 0.15) is 25.8 Å². The molecule has 2 saturated heterocycles. The molecule has 0 spiro atoms. The SMILES string of the molecule is COc1ccc(CN2C3CC2CN(C(C)C)C3)cc1F. The summed E-state index contributed by atoms with van der Waals surface area (Å²) in [6, 6.07) is 7.20. The number of hydrogen-bond donors (Lipinski definition) is 0. The van der Waals surface area contributed by atoms with E-state index < -0.39 is 0 Å². The van der Waals surface area contributed by atoms with Crippen molar-refractivity contribution in [2.45, 2.75) is 44.9 Å². The Balaban J connectivity index is 1.64. The van der Waals surface area contributed by atoms with Crippen LogP contribution in [0.4, 0.5) is 4.39 Å². The molecule has 2 atom stereocenters. The summed E-state index contributed by atoms with van der Waals surface area (Å²) in [5.41, 5.74) is 1.04. The van der Waals surface area contributed by atoms with Gasteiger partial charge in [0, 0.05) is 37.8 Å². The zero-order valence-electron chi connectivity index (χ0n) is 12.5. The largest absolute Gasteiger partial charge is 0.494 e. The van der Waals surface area contributed by atoms with Crippen molar-refractivity contribution in [2.75, 3.05) is 20.2 Å². The van der Waals surface area contributed by atoms with E-state index in [0.29, 0.717) is 23.9 Å². The fourth-order valence-corrected chi connectivity index (χ4v) is 3.42. The molecule has 0 radical (unpaired) electrons. The van der Waals surface area contributed by atoms with Crippen molar-refractivity contribution in [3.8, 4) is 5.75 Å². The number of rotatable bonds is 4. The average Bonchev–Trinajstić information content (AvgIpc) is 2.45. The van der Waals surface area contributed by atoms with E-state index >= 15 is 0 Å². The second kappa shape index (κ2) is 5.34. The van der Waals surface area contributed by atoms with Crippen LogP contribution in [-0.2, 0) is 6.54 Å². The molecule has 0 amide bonds. The van der Waals surface area contributed by atoms with Crippen LogP contribution in [0.2, 0.25) is 0 Å². The molecule has 20 heavy (non-hydrogen) atoms. The van der Waals surface area contributed by atoms with E-state index in [1.165, 1.54) is 13.5 Å². The molecule has 1 aromatic carbocycles. The molecule has 2 fully saturated rings. The summed E-state index contributed by atoms with van der Waals surface area (Å²) in [6.45, 7) is 7.66. The fraction of sp³-hybridized carbons (Fsp3) is 0.625. The van der Waals surface area contributed by atoms with Gasteiger partial charge in [0.2, 0.25) is 0 Å². The number of hydrogen-bond acceptors (Lipinski definition) is 3. The number of methoxy groups -OCH3 is 1. The van der Waals surface area contributed by atoms with Crippen LogP contribution in [0, 0.1) is 5.82 Å². The third-order valence-corrected chi connectivity index (χ3v) is 4.68. The highest BCUT2D eigenvalue weighted by molar-refractivity contribution is 5.29. The summed E-state index contributed by atoms with van der Waals surface area (Å²) >= 11 is 0.